The molecule has 2 N–H and O–H groups in total. The van der Waals surface area contributed by atoms with Crippen LogP contribution in [0.4, 0.5) is 11.4 Å². The van der Waals surface area contributed by atoms with E-state index in [0.29, 0.717) is 11.1 Å². The van der Waals surface area contributed by atoms with Crippen LogP contribution < -0.4 is 10.6 Å². The van der Waals surface area contributed by atoms with Gasteiger partial charge in [0.05, 0.1) is 0 Å². The molecule has 0 aliphatic heterocycles. The lowest BCUT2D eigenvalue weighted by atomic mass is 10.0. The summed E-state index contributed by atoms with van der Waals surface area (Å²) in [5.41, 5.74) is 2.54. The molecular weight excluding hydrogens is 288 g/mol. The molecule has 2 aromatic rings. The van der Waals surface area contributed by atoms with Gasteiger partial charge in [-0.3, -0.25) is 9.59 Å². The second-order valence-electron chi connectivity index (χ2n) is 6.44. The van der Waals surface area contributed by atoms with E-state index in [4.69, 9.17) is 0 Å². The molecule has 0 saturated heterocycles. The summed E-state index contributed by atoms with van der Waals surface area (Å²) >= 11 is 0. The number of hydrogen-bond donors (Lipinski definition) is 2. The highest BCUT2D eigenvalue weighted by molar-refractivity contribution is 6.49. The average Bonchev–Trinajstić information content (AvgIpc) is 2.53. The molecule has 23 heavy (non-hydrogen) atoms. The second-order valence-corrected chi connectivity index (χ2v) is 6.44. The minimum atomic E-state index is -0.496. The highest BCUT2D eigenvalue weighted by Crippen LogP contribution is 2.17. The zero-order valence-electron chi connectivity index (χ0n) is 13.9. The molecule has 0 heterocycles. The van der Waals surface area contributed by atoms with Crippen LogP contribution in [-0.4, -0.2) is 24.2 Å². The van der Waals surface area contributed by atoms with E-state index in [9.17, 15) is 9.59 Å². The quantitative estimate of drug-likeness (QED) is 0.647. The molecule has 0 spiro atoms. The fourth-order valence-electron chi connectivity index (χ4n) is 2.19. The fourth-order valence-corrected chi connectivity index (χ4v) is 2.19. The SMILES string of the molecule is CNc1ccc(C(=O)C(=O)c2ccc(NC(C)(C)C)cc2)cc1. The Balaban J connectivity index is 2.14. The molecule has 0 radical (unpaired) electrons. The summed E-state index contributed by atoms with van der Waals surface area (Å²) in [7, 11) is 1.80. The molecule has 0 aliphatic carbocycles. The van der Waals surface area contributed by atoms with Crippen LogP contribution in [0.1, 0.15) is 41.5 Å². The Morgan fingerprint density at radius 3 is 1.48 bits per heavy atom. The Morgan fingerprint density at radius 1 is 0.739 bits per heavy atom. The monoisotopic (exact) mass is 310 g/mol. The van der Waals surface area contributed by atoms with Gasteiger partial charge in [-0.05, 0) is 69.3 Å². The first kappa shape index (κ1) is 16.7. The van der Waals surface area contributed by atoms with Gasteiger partial charge in [-0.15, -0.1) is 0 Å². The van der Waals surface area contributed by atoms with Crippen molar-refractivity contribution in [1.29, 1.82) is 0 Å². The number of anilines is 2. The van der Waals surface area contributed by atoms with Crippen molar-refractivity contribution in [3.05, 3.63) is 59.7 Å². The highest BCUT2D eigenvalue weighted by atomic mass is 16.2. The van der Waals surface area contributed by atoms with Crippen molar-refractivity contribution in [2.75, 3.05) is 17.7 Å². The van der Waals surface area contributed by atoms with Crippen LogP contribution in [0.25, 0.3) is 0 Å². The van der Waals surface area contributed by atoms with Crippen LogP contribution >= 0.6 is 0 Å². The molecule has 0 unspecified atom stereocenters. The Bertz CT molecular complexity index is 696. The summed E-state index contributed by atoms with van der Waals surface area (Å²) in [6.07, 6.45) is 0. The summed E-state index contributed by atoms with van der Waals surface area (Å²) in [5, 5.41) is 6.29. The molecule has 4 nitrogen and oxygen atoms in total. The van der Waals surface area contributed by atoms with Gasteiger partial charge < -0.3 is 10.6 Å². The second kappa shape index (κ2) is 6.65. The van der Waals surface area contributed by atoms with E-state index in [-0.39, 0.29) is 5.54 Å². The molecule has 0 amide bonds. The van der Waals surface area contributed by atoms with Crippen molar-refractivity contribution in [3.8, 4) is 0 Å². The maximum absolute atomic E-state index is 12.3. The zero-order chi connectivity index (χ0) is 17.0. The van der Waals surface area contributed by atoms with Gasteiger partial charge in [0, 0.05) is 35.1 Å². The Labute approximate surface area is 136 Å². The molecule has 0 atom stereocenters. The number of rotatable bonds is 5. The van der Waals surface area contributed by atoms with E-state index < -0.39 is 11.6 Å². The minimum Gasteiger partial charge on any atom is -0.388 e. The molecule has 2 aromatic carbocycles. The van der Waals surface area contributed by atoms with Crippen LogP contribution in [0, 0.1) is 0 Å². The summed E-state index contributed by atoms with van der Waals surface area (Å²) < 4.78 is 0. The number of hydrogen-bond acceptors (Lipinski definition) is 4. The van der Waals surface area contributed by atoms with E-state index in [0.717, 1.165) is 11.4 Å². The number of ketones is 2. The third-order valence-electron chi connectivity index (χ3n) is 3.31. The van der Waals surface area contributed by atoms with Gasteiger partial charge in [0.1, 0.15) is 0 Å². The lowest BCUT2D eigenvalue weighted by Crippen LogP contribution is -2.26. The van der Waals surface area contributed by atoms with Crippen LogP contribution in [0.3, 0.4) is 0 Å². The van der Waals surface area contributed by atoms with Gasteiger partial charge in [0.15, 0.2) is 0 Å². The molecule has 4 heteroatoms. The number of carbonyl (C=O) groups is 2. The summed E-state index contributed by atoms with van der Waals surface area (Å²) in [5.74, 6) is -0.992. The Kier molecular flexibility index (Phi) is 4.84. The van der Waals surface area contributed by atoms with E-state index >= 15 is 0 Å². The third-order valence-corrected chi connectivity index (χ3v) is 3.31. The van der Waals surface area contributed by atoms with Gasteiger partial charge in [-0.1, -0.05) is 0 Å². The molecular formula is C19H22N2O2. The molecule has 0 aromatic heterocycles. The predicted octanol–water partition coefficient (Wildman–Crippen LogP) is 4.00. The van der Waals surface area contributed by atoms with Gasteiger partial charge in [0.2, 0.25) is 11.6 Å². The summed E-state index contributed by atoms with van der Waals surface area (Å²) in [6.45, 7) is 6.18. The first-order valence-corrected chi connectivity index (χ1v) is 7.55. The van der Waals surface area contributed by atoms with Crippen molar-refractivity contribution >= 4 is 22.9 Å². The van der Waals surface area contributed by atoms with Crippen molar-refractivity contribution in [2.45, 2.75) is 26.3 Å². The van der Waals surface area contributed by atoms with E-state index in [2.05, 4.69) is 31.4 Å². The average molecular weight is 310 g/mol. The maximum atomic E-state index is 12.3. The Morgan fingerprint density at radius 2 is 1.13 bits per heavy atom. The van der Waals surface area contributed by atoms with Crippen molar-refractivity contribution in [1.82, 2.24) is 0 Å². The Hall–Kier alpha value is -2.62. The predicted molar refractivity (Wildman–Crippen MR) is 94.5 cm³/mol. The highest BCUT2D eigenvalue weighted by Gasteiger charge is 2.18. The van der Waals surface area contributed by atoms with Crippen LogP contribution in [0.5, 0.6) is 0 Å². The summed E-state index contributed by atoms with van der Waals surface area (Å²) in [6, 6.07) is 13.8. The first-order valence-electron chi connectivity index (χ1n) is 7.55. The molecule has 120 valence electrons. The maximum Gasteiger partial charge on any atom is 0.233 e. The van der Waals surface area contributed by atoms with Crippen LogP contribution in [0.2, 0.25) is 0 Å². The van der Waals surface area contributed by atoms with Crippen LogP contribution in [0.15, 0.2) is 48.5 Å². The lowest BCUT2D eigenvalue weighted by Gasteiger charge is -2.22. The van der Waals surface area contributed by atoms with Gasteiger partial charge in [0.25, 0.3) is 0 Å². The number of nitrogens with one attached hydrogen (secondary N) is 2. The van der Waals surface area contributed by atoms with Crippen LogP contribution in [-0.2, 0) is 0 Å². The largest absolute Gasteiger partial charge is 0.388 e. The van der Waals surface area contributed by atoms with Gasteiger partial charge in [-0.25, -0.2) is 0 Å². The topological polar surface area (TPSA) is 58.2 Å². The first-order chi connectivity index (χ1) is 10.8. The number of benzene rings is 2. The smallest absolute Gasteiger partial charge is 0.233 e. The normalized spacial score (nSPS) is 11.0. The van der Waals surface area contributed by atoms with Crippen molar-refractivity contribution in [2.24, 2.45) is 0 Å². The molecule has 0 bridgehead atoms. The molecule has 2 rings (SSSR count). The van der Waals surface area contributed by atoms with E-state index in [1.165, 1.54) is 0 Å². The third kappa shape index (κ3) is 4.42. The fraction of sp³-hybridized carbons (Fsp3) is 0.263. The number of carbonyl (C=O) groups excluding carboxylic acids is 2. The van der Waals surface area contributed by atoms with E-state index in [1.807, 2.05) is 12.1 Å². The molecule has 0 saturated carbocycles. The molecule has 0 aliphatic rings. The minimum absolute atomic E-state index is 0.0591. The number of Topliss-reactive ketones (excluding diaryl/α,β-unsaturated/α-hetero) is 2. The lowest BCUT2D eigenvalue weighted by molar-refractivity contribution is 0.0817. The van der Waals surface area contributed by atoms with E-state index in [1.54, 1.807) is 43.4 Å². The van der Waals surface area contributed by atoms with Gasteiger partial charge >= 0.3 is 0 Å². The van der Waals surface area contributed by atoms with Crippen molar-refractivity contribution in [3.63, 3.8) is 0 Å². The van der Waals surface area contributed by atoms with Crippen molar-refractivity contribution < 1.29 is 9.59 Å². The standard InChI is InChI=1S/C19H22N2O2/c1-19(2,3)21-16-11-7-14(8-12-16)18(23)17(22)13-5-9-15(20-4)10-6-13/h5-12,20-21H,1-4H3. The van der Waals surface area contributed by atoms with Gasteiger partial charge in [-0.2, -0.15) is 0 Å². The zero-order valence-corrected chi connectivity index (χ0v) is 13.9. The summed E-state index contributed by atoms with van der Waals surface area (Å²) in [4.78, 5) is 24.6. The molecule has 0 fully saturated rings.